The van der Waals surface area contributed by atoms with Crippen LogP contribution < -0.4 is 5.43 Å². The van der Waals surface area contributed by atoms with E-state index in [1.165, 1.54) is 0 Å². The Morgan fingerprint density at radius 1 is 1.19 bits per heavy atom. The number of hydrogen-bond acceptors (Lipinski definition) is 5. The van der Waals surface area contributed by atoms with Gasteiger partial charge in [0.1, 0.15) is 16.1 Å². The van der Waals surface area contributed by atoms with E-state index in [1.54, 1.807) is 30.5 Å². The molecule has 0 aliphatic heterocycles. The molecule has 0 atom stereocenters. The standard InChI is InChI=1S/C18H16N7O2/c1-2-24-15-6-4-3-5-14(15)16-17(24)21-22-18(20-16)19-11-12-7-9-13(10-8-12)23-25(26)27/h3-11,23H,2H2,1H3,(H,26,27)/q+1. The Morgan fingerprint density at radius 3 is 2.70 bits per heavy atom. The lowest BCUT2D eigenvalue weighted by Crippen LogP contribution is -2.10. The maximum absolute atomic E-state index is 10.5. The third-order valence-electron chi connectivity index (χ3n) is 4.14. The van der Waals surface area contributed by atoms with Gasteiger partial charge in [0.2, 0.25) is 0 Å². The first-order chi connectivity index (χ1) is 13.2. The highest BCUT2D eigenvalue weighted by Crippen LogP contribution is 2.26. The van der Waals surface area contributed by atoms with Gasteiger partial charge in [-0.3, -0.25) is 0 Å². The fourth-order valence-corrected chi connectivity index (χ4v) is 2.96. The summed E-state index contributed by atoms with van der Waals surface area (Å²) < 4.78 is 2.07. The molecule has 0 unspecified atom stereocenters. The van der Waals surface area contributed by atoms with Crippen LogP contribution in [-0.4, -0.2) is 36.2 Å². The lowest BCUT2D eigenvalue weighted by Gasteiger charge is -2.00. The Kier molecular flexibility index (Phi) is 4.17. The van der Waals surface area contributed by atoms with Crippen molar-refractivity contribution in [3.05, 3.63) is 59.0 Å². The molecule has 9 heteroatoms. The van der Waals surface area contributed by atoms with Crippen LogP contribution in [0.5, 0.6) is 0 Å². The van der Waals surface area contributed by atoms with Crippen molar-refractivity contribution < 1.29 is 10.2 Å². The average molecular weight is 362 g/mol. The molecule has 0 radical (unpaired) electrons. The summed E-state index contributed by atoms with van der Waals surface area (Å²) in [4.78, 5) is 19.4. The van der Waals surface area contributed by atoms with E-state index in [-0.39, 0.29) is 11.0 Å². The topological polar surface area (TPSA) is 108 Å². The molecule has 4 rings (SSSR count). The van der Waals surface area contributed by atoms with Crippen LogP contribution in [0, 0.1) is 4.91 Å². The number of fused-ring (bicyclic) bond motifs is 3. The summed E-state index contributed by atoms with van der Waals surface area (Å²) in [6.45, 7) is 2.83. The highest BCUT2D eigenvalue weighted by molar-refractivity contribution is 6.04. The number of hydrazine groups is 1. The van der Waals surface area contributed by atoms with Gasteiger partial charge in [-0.15, -0.1) is 10.2 Å². The van der Waals surface area contributed by atoms with Gasteiger partial charge in [0.05, 0.1) is 5.52 Å². The minimum absolute atomic E-state index is 0.268. The molecular weight excluding hydrogens is 346 g/mol. The predicted molar refractivity (Wildman–Crippen MR) is 101 cm³/mol. The largest absolute Gasteiger partial charge is 0.359 e. The molecule has 2 aromatic heterocycles. The van der Waals surface area contributed by atoms with E-state index in [0.717, 1.165) is 34.2 Å². The zero-order chi connectivity index (χ0) is 18.8. The lowest BCUT2D eigenvalue weighted by atomic mass is 10.2. The van der Waals surface area contributed by atoms with Crippen molar-refractivity contribution in [1.82, 2.24) is 19.7 Å². The van der Waals surface area contributed by atoms with Gasteiger partial charge in [-0.2, -0.15) is 0 Å². The highest BCUT2D eigenvalue weighted by atomic mass is 16.7. The van der Waals surface area contributed by atoms with Gasteiger partial charge in [0.25, 0.3) is 5.95 Å². The first-order valence-electron chi connectivity index (χ1n) is 8.34. The molecule has 2 aromatic carbocycles. The maximum atomic E-state index is 10.5. The molecule has 2 heterocycles. The van der Waals surface area contributed by atoms with Gasteiger partial charge in [0.15, 0.2) is 5.65 Å². The molecule has 134 valence electrons. The molecule has 0 amide bonds. The Labute approximate surface area is 153 Å². The van der Waals surface area contributed by atoms with E-state index in [2.05, 4.69) is 37.1 Å². The number of rotatable bonds is 5. The summed E-state index contributed by atoms with van der Waals surface area (Å²) in [5, 5.41) is 17.7. The monoisotopic (exact) mass is 362 g/mol. The fourth-order valence-electron chi connectivity index (χ4n) is 2.96. The molecule has 0 fully saturated rings. The fraction of sp³-hybridized carbons (Fsp3) is 0.111. The zero-order valence-corrected chi connectivity index (χ0v) is 14.4. The van der Waals surface area contributed by atoms with Crippen molar-refractivity contribution in [3.63, 3.8) is 0 Å². The van der Waals surface area contributed by atoms with Gasteiger partial charge < -0.3 is 4.57 Å². The number of anilines is 1. The van der Waals surface area contributed by atoms with Crippen LogP contribution in [0.4, 0.5) is 11.6 Å². The summed E-state index contributed by atoms with van der Waals surface area (Å²) >= 11 is 0. The van der Waals surface area contributed by atoms with E-state index < -0.39 is 0 Å². The number of nitrogens with zero attached hydrogens (tertiary/aromatic N) is 6. The third-order valence-corrected chi connectivity index (χ3v) is 4.14. The number of hydrogen-bond donors (Lipinski definition) is 2. The number of aryl methyl sites for hydroxylation is 1. The highest BCUT2D eigenvalue weighted by Gasteiger charge is 2.13. The van der Waals surface area contributed by atoms with Crippen molar-refractivity contribution in [1.29, 1.82) is 0 Å². The van der Waals surface area contributed by atoms with Gasteiger partial charge in [-0.05, 0) is 30.7 Å². The maximum Gasteiger partial charge on any atom is 0.359 e. The Hall–Kier alpha value is -3.88. The Balaban J connectivity index is 1.67. The zero-order valence-electron chi connectivity index (χ0n) is 14.4. The van der Waals surface area contributed by atoms with Crippen molar-refractivity contribution in [2.75, 3.05) is 5.43 Å². The number of nitrogens with one attached hydrogen (secondary N) is 1. The van der Waals surface area contributed by atoms with Crippen LogP contribution >= 0.6 is 0 Å². The van der Waals surface area contributed by atoms with E-state index >= 15 is 0 Å². The molecular formula is C18H16N7O2+. The van der Waals surface area contributed by atoms with Crippen LogP contribution in [0.2, 0.25) is 0 Å². The van der Waals surface area contributed by atoms with Crippen LogP contribution in [-0.2, 0) is 6.54 Å². The number of aromatic nitrogens is 4. The number of para-hydroxylation sites is 1. The molecule has 9 nitrogen and oxygen atoms in total. The molecule has 0 saturated carbocycles. The van der Waals surface area contributed by atoms with Gasteiger partial charge in [0, 0.05) is 18.1 Å². The first kappa shape index (κ1) is 16.6. The summed E-state index contributed by atoms with van der Waals surface area (Å²) in [5.41, 5.74) is 6.02. The molecule has 0 saturated heterocycles. The van der Waals surface area contributed by atoms with Crippen LogP contribution in [0.25, 0.3) is 22.1 Å². The molecule has 27 heavy (non-hydrogen) atoms. The third kappa shape index (κ3) is 3.17. The quantitative estimate of drug-likeness (QED) is 0.417. The summed E-state index contributed by atoms with van der Waals surface area (Å²) in [7, 11) is 0. The average Bonchev–Trinajstić information content (AvgIpc) is 3.00. The minimum Gasteiger partial charge on any atom is -0.323 e. The normalized spacial score (nSPS) is 11.4. The SMILES string of the molecule is CCn1c2ccccc2c2nc(N=Cc3ccc(N[N+](=O)O)cc3)nnc21. The van der Waals surface area contributed by atoms with Gasteiger partial charge >= 0.3 is 5.03 Å². The summed E-state index contributed by atoms with van der Waals surface area (Å²) in [6.07, 6.45) is 1.61. The van der Waals surface area contributed by atoms with Crippen molar-refractivity contribution in [3.8, 4) is 0 Å². The Morgan fingerprint density at radius 2 is 1.96 bits per heavy atom. The van der Waals surface area contributed by atoms with E-state index in [9.17, 15) is 4.91 Å². The molecule has 0 bridgehead atoms. The van der Waals surface area contributed by atoms with Crippen molar-refractivity contribution in [2.24, 2.45) is 4.99 Å². The van der Waals surface area contributed by atoms with E-state index in [1.807, 2.05) is 24.3 Å². The molecule has 0 aliphatic carbocycles. The van der Waals surface area contributed by atoms with Crippen LogP contribution in [0.1, 0.15) is 12.5 Å². The van der Waals surface area contributed by atoms with Crippen molar-refractivity contribution >= 4 is 39.9 Å². The van der Waals surface area contributed by atoms with Gasteiger partial charge in [-0.1, -0.05) is 35.8 Å². The molecule has 4 aromatic rings. The van der Waals surface area contributed by atoms with Crippen LogP contribution in [0.3, 0.4) is 0 Å². The summed E-state index contributed by atoms with van der Waals surface area (Å²) in [5.74, 6) is 0.268. The minimum atomic E-state index is -0.357. The number of aliphatic imine (C=N–C) groups is 1. The second-order valence-corrected chi connectivity index (χ2v) is 5.81. The molecule has 0 aliphatic rings. The smallest absolute Gasteiger partial charge is 0.323 e. The van der Waals surface area contributed by atoms with Crippen molar-refractivity contribution in [2.45, 2.75) is 13.5 Å². The Bertz CT molecular complexity index is 1170. The van der Waals surface area contributed by atoms with Gasteiger partial charge in [-0.25, -0.2) is 15.2 Å². The summed E-state index contributed by atoms with van der Waals surface area (Å²) in [6, 6.07) is 14.8. The first-order valence-corrected chi connectivity index (χ1v) is 8.34. The molecule has 0 spiro atoms. The molecule has 2 N–H and O–H groups in total. The number of benzene rings is 2. The second kappa shape index (κ2) is 6.79. The van der Waals surface area contributed by atoms with E-state index in [0.29, 0.717) is 5.69 Å². The second-order valence-electron chi connectivity index (χ2n) is 5.81. The van der Waals surface area contributed by atoms with Crippen LogP contribution in [0.15, 0.2) is 53.5 Å². The van der Waals surface area contributed by atoms with E-state index in [4.69, 9.17) is 5.21 Å². The predicted octanol–water partition coefficient (Wildman–Crippen LogP) is 3.25. The lowest BCUT2D eigenvalue weighted by molar-refractivity contribution is -0.769.